The van der Waals surface area contributed by atoms with Gasteiger partial charge in [0, 0.05) is 19.7 Å². The molecule has 6 heteroatoms. The molecule has 0 aliphatic heterocycles. The number of hydrogen-bond acceptors (Lipinski definition) is 3. The van der Waals surface area contributed by atoms with Gasteiger partial charge in [-0.15, -0.1) is 0 Å². The zero-order valence-electron chi connectivity index (χ0n) is 10.2. The van der Waals surface area contributed by atoms with E-state index in [4.69, 9.17) is 9.84 Å². The van der Waals surface area contributed by atoms with Gasteiger partial charge in [-0.25, -0.2) is 4.79 Å². The molecule has 0 aromatic rings. The van der Waals surface area contributed by atoms with Crippen molar-refractivity contribution in [3.63, 3.8) is 0 Å². The van der Waals surface area contributed by atoms with E-state index in [1.165, 1.54) is 0 Å². The van der Waals surface area contributed by atoms with Crippen LogP contribution >= 0.6 is 0 Å². The summed E-state index contributed by atoms with van der Waals surface area (Å²) in [6.07, 6.45) is -0.0961. The van der Waals surface area contributed by atoms with Gasteiger partial charge in [-0.1, -0.05) is 0 Å². The van der Waals surface area contributed by atoms with Crippen LogP contribution in [0.5, 0.6) is 0 Å². The molecule has 0 saturated heterocycles. The van der Waals surface area contributed by atoms with Gasteiger partial charge in [0.25, 0.3) is 0 Å². The molecule has 2 amide bonds. The summed E-state index contributed by atoms with van der Waals surface area (Å²) in [4.78, 5) is 21.7. The van der Waals surface area contributed by atoms with E-state index in [1.54, 1.807) is 14.0 Å². The fourth-order valence-corrected chi connectivity index (χ4v) is 0.953. The van der Waals surface area contributed by atoms with Crippen molar-refractivity contribution in [2.75, 3.05) is 13.7 Å². The molecule has 0 bridgehead atoms. The Bertz CT molecular complexity index is 253. The molecular formula is C10H20N2O4. The fraction of sp³-hybridized carbons (Fsp3) is 0.800. The van der Waals surface area contributed by atoms with Crippen LogP contribution in [-0.2, 0) is 9.53 Å². The maximum absolute atomic E-state index is 11.3. The number of urea groups is 1. The first kappa shape index (κ1) is 14.7. The Morgan fingerprint density at radius 2 is 2.00 bits per heavy atom. The van der Waals surface area contributed by atoms with E-state index in [0.717, 1.165) is 0 Å². The number of aliphatic carboxylic acids is 1. The van der Waals surface area contributed by atoms with Crippen LogP contribution in [0, 0.1) is 0 Å². The molecular weight excluding hydrogens is 212 g/mol. The number of carboxylic acids is 1. The smallest absolute Gasteiger partial charge is 0.315 e. The quantitative estimate of drug-likeness (QED) is 0.625. The van der Waals surface area contributed by atoms with Crippen LogP contribution in [0.25, 0.3) is 0 Å². The minimum Gasteiger partial charge on any atom is -0.481 e. The van der Waals surface area contributed by atoms with E-state index >= 15 is 0 Å². The highest BCUT2D eigenvalue weighted by Gasteiger charge is 2.18. The monoisotopic (exact) mass is 232 g/mol. The number of nitrogens with one attached hydrogen (secondary N) is 2. The Morgan fingerprint density at radius 1 is 1.44 bits per heavy atom. The van der Waals surface area contributed by atoms with E-state index in [-0.39, 0.29) is 12.5 Å². The van der Waals surface area contributed by atoms with Crippen LogP contribution in [0.4, 0.5) is 4.79 Å². The van der Waals surface area contributed by atoms with Gasteiger partial charge in [0.2, 0.25) is 0 Å². The second-order valence-corrected chi connectivity index (χ2v) is 4.29. The van der Waals surface area contributed by atoms with Crippen LogP contribution in [0.15, 0.2) is 0 Å². The van der Waals surface area contributed by atoms with Crippen LogP contribution in [0.3, 0.4) is 0 Å². The molecule has 0 spiro atoms. The van der Waals surface area contributed by atoms with Gasteiger partial charge in [0.1, 0.15) is 0 Å². The number of rotatable bonds is 6. The molecule has 0 rings (SSSR count). The zero-order chi connectivity index (χ0) is 12.8. The minimum absolute atomic E-state index is 0.0961. The van der Waals surface area contributed by atoms with Gasteiger partial charge in [-0.05, 0) is 20.8 Å². The number of hydrogen-bond donors (Lipinski definition) is 3. The average Bonchev–Trinajstić information content (AvgIpc) is 2.13. The predicted molar refractivity (Wildman–Crippen MR) is 59.3 cm³/mol. The highest BCUT2D eigenvalue weighted by Crippen LogP contribution is 2.04. The molecule has 0 heterocycles. The van der Waals surface area contributed by atoms with Gasteiger partial charge in [-0.3, -0.25) is 4.79 Å². The Morgan fingerprint density at radius 3 is 2.44 bits per heavy atom. The Hall–Kier alpha value is -1.30. The van der Waals surface area contributed by atoms with Crippen molar-refractivity contribution in [2.24, 2.45) is 0 Å². The first-order valence-corrected chi connectivity index (χ1v) is 5.08. The van der Waals surface area contributed by atoms with Crippen molar-refractivity contribution in [1.82, 2.24) is 10.6 Å². The fourth-order valence-electron chi connectivity index (χ4n) is 0.953. The second-order valence-electron chi connectivity index (χ2n) is 4.29. The second kappa shape index (κ2) is 6.32. The third kappa shape index (κ3) is 7.05. The van der Waals surface area contributed by atoms with Gasteiger partial charge in [0.05, 0.1) is 12.0 Å². The van der Waals surface area contributed by atoms with E-state index in [0.29, 0.717) is 6.54 Å². The lowest BCUT2D eigenvalue weighted by atomic mass is 10.1. The standard InChI is InChI=1S/C10H20N2O4/c1-7(5-8(13)14)12-9(15)11-6-10(2,3)16-4/h7H,5-6H2,1-4H3,(H,13,14)(H2,11,12,15). The number of carbonyl (C=O) groups excluding carboxylic acids is 1. The largest absolute Gasteiger partial charge is 0.481 e. The normalized spacial score (nSPS) is 13.0. The molecule has 0 aromatic carbocycles. The maximum Gasteiger partial charge on any atom is 0.315 e. The topological polar surface area (TPSA) is 87.7 Å². The number of methoxy groups -OCH3 is 1. The molecule has 3 N–H and O–H groups in total. The van der Waals surface area contributed by atoms with Crippen LogP contribution in [0.1, 0.15) is 27.2 Å². The predicted octanol–water partition coefficient (Wildman–Crippen LogP) is 0.574. The van der Waals surface area contributed by atoms with Crippen molar-refractivity contribution in [3.05, 3.63) is 0 Å². The SMILES string of the molecule is COC(C)(C)CNC(=O)NC(C)CC(=O)O. The first-order valence-electron chi connectivity index (χ1n) is 5.08. The molecule has 0 fully saturated rings. The van der Waals surface area contributed by atoms with Crippen molar-refractivity contribution in [1.29, 1.82) is 0 Å². The molecule has 1 unspecified atom stereocenters. The van der Waals surface area contributed by atoms with Crippen LogP contribution < -0.4 is 10.6 Å². The third-order valence-corrected chi connectivity index (χ3v) is 2.09. The van der Waals surface area contributed by atoms with Gasteiger partial charge in [-0.2, -0.15) is 0 Å². The minimum atomic E-state index is -0.940. The van der Waals surface area contributed by atoms with Gasteiger partial charge in [0.15, 0.2) is 0 Å². The van der Waals surface area contributed by atoms with E-state index in [2.05, 4.69) is 10.6 Å². The Balaban J connectivity index is 3.87. The van der Waals surface area contributed by atoms with Crippen molar-refractivity contribution in [2.45, 2.75) is 38.8 Å². The van der Waals surface area contributed by atoms with Crippen molar-refractivity contribution in [3.8, 4) is 0 Å². The lowest BCUT2D eigenvalue weighted by molar-refractivity contribution is -0.137. The van der Waals surface area contributed by atoms with E-state index < -0.39 is 17.6 Å². The molecule has 0 aliphatic rings. The summed E-state index contributed by atoms with van der Waals surface area (Å²) in [5.74, 6) is -0.940. The average molecular weight is 232 g/mol. The summed E-state index contributed by atoms with van der Waals surface area (Å²) in [5.41, 5.74) is -0.437. The molecule has 1 atom stereocenters. The molecule has 16 heavy (non-hydrogen) atoms. The molecule has 0 radical (unpaired) electrons. The lowest BCUT2D eigenvalue weighted by Crippen LogP contribution is -2.47. The Labute approximate surface area is 95.4 Å². The maximum atomic E-state index is 11.3. The highest BCUT2D eigenvalue weighted by atomic mass is 16.5. The molecule has 6 nitrogen and oxygen atoms in total. The summed E-state index contributed by atoms with van der Waals surface area (Å²) < 4.78 is 5.12. The number of carbonyl (C=O) groups is 2. The summed E-state index contributed by atoms with van der Waals surface area (Å²) in [6, 6.07) is -0.790. The molecule has 0 aromatic heterocycles. The van der Waals surface area contributed by atoms with E-state index in [9.17, 15) is 9.59 Å². The molecule has 0 saturated carbocycles. The van der Waals surface area contributed by atoms with Gasteiger partial charge >= 0.3 is 12.0 Å². The number of amides is 2. The first-order chi connectivity index (χ1) is 7.26. The number of ether oxygens (including phenoxy) is 1. The van der Waals surface area contributed by atoms with Crippen LogP contribution in [-0.4, -0.2) is 42.4 Å². The summed E-state index contributed by atoms with van der Waals surface area (Å²) in [6.45, 7) is 5.67. The zero-order valence-corrected chi connectivity index (χ0v) is 10.2. The third-order valence-electron chi connectivity index (χ3n) is 2.09. The van der Waals surface area contributed by atoms with Crippen LogP contribution in [0.2, 0.25) is 0 Å². The lowest BCUT2D eigenvalue weighted by Gasteiger charge is -2.23. The van der Waals surface area contributed by atoms with Crippen molar-refractivity contribution < 1.29 is 19.4 Å². The molecule has 0 aliphatic carbocycles. The summed E-state index contributed by atoms with van der Waals surface area (Å²) in [5, 5.41) is 13.6. The van der Waals surface area contributed by atoms with E-state index in [1.807, 2.05) is 13.8 Å². The van der Waals surface area contributed by atoms with Crippen molar-refractivity contribution >= 4 is 12.0 Å². The Kier molecular flexibility index (Phi) is 5.81. The summed E-state index contributed by atoms with van der Waals surface area (Å²) in [7, 11) is 1.56. The molecule has 94 valence electrons. The highest BCUT2D eigenvalue weighted by molar-refractivity contribution is 5.75. The van der Waals surface area contributed by atoms with Gasteiger partial charge < -0.3 is 20.5 Å². The summed E-state index contributed by atoms with van der Waals surface area (Å²) >= 11 is 0. The number of carboxylic acid groups (broad SMARTS) is 1.